The molecule has 4 unspecified atom stereocenters. The van der Waals surface area contributed by atoms with Gasteiger partial charge in [0.15, 0.2) is 0 Å². The van der Waals surface area contributed by atoms with E-state index in [-0.39, 0.29) is 5.60 Å². The quantitative estimate of drug-likeness (QED) is 0.669. The first kappa shape index (κ1) is 9.47. The van der Waals surface area contributed by atoms with Crippen molar-refractivity contribution in [3.8, 4) is 0 Å². The molecule has 76 valence electrons. The van der Waals surface area contributed by atoms with Gasteiger partial charge in [-0.25, -0.2) is 0 Å². The third kappa shape index (κ3) is 1.40. The standard InChI is InChI=1S/C11H21NO/c1-4-10-6-12-7-11(13-10)5-8(2)9(11)3/h8-10,12H,4-7H2,1-3H3. The Hall–Kier alpha value is -0.0800. The second-order valence-corrected chi connectivity index (χ2v) is 4.81. The third-order valence-electron chi connectivity index (χ3n) is 4.00. The van der Waals surface area contributed by atoms with Crippen LogP contribution in [0.15, 0.2) is 0 Å². The monoisotopic (exact) mass is 183 g/mol. The second kappa shape index (κ2) is 3.25. The first-order valence-electron chi connectivity index (χ1n) is 5.56. The fourth-order valence-corrected chi connectivity index (χ4v) is 2.74. The average Bonchev–Trinajstić information content (AvgIpc) is 2.18. The highest BCUT2D eigenvalue weighted by atomic mass is 16.5. The van der Waals surface area contributed by atoms with Crippen molar-refractivity contribution in [1.82, 2.24) is 5.32 Å². The maximum atomic E-state index is 6.18. The van der Waals surface area contributed by atoms with Crippen molar-refractivity contribution < 1.29 is 4.74 Å². The largest absolute Gasteiger partial charge is 0.369 e. The summed E-state index contributed by atoms with van der Waals surface area (Å²) in [5.74, 6) is 1.58. The summed E-state index contributed by atoms with van der Waals surface area (Å²) in [5, 5.41) is 3.50. The van der Waals surface area contributed by atoms with Crippen LogP contribution in [0.5, 0.6) is 0 Å². The SMILES string of the molecule is CCC1CNCC2(CC(C)C2C)O1. The summed E-state index contributed by atoms with van der Waals surface area (Å²) in [6.07, 6.45) is 2.83. The van der Waals surface area contributed by atoms with E-state index in [4.69, 9.17) is 4.74 Å². The molecule has 2 aliphatic rings. The van der Waals surface area contributed by atoms with E-state index in [2.05, 4.69) is 26.1 Å². The Morgan fingerprint density at radius 2 is 2.23 bits per heavy atom. The molecule has 0 radical (unpaired) electrons. The Bertz CT molecular complexity index is 191. The number of nitrogens with one attached hydrogen (secondary N) is 1. The molecular formula is C11H21NO. The van der Waals surface area contributed by atoms with E-state index >= 15 is 0 Å². The van der Waals surface area contributed by atoms with Crippen molar-refractivity contribution in [2.75, 3.05) is 13.1 Å². The molecule has 2 nitrogen and oxygen atoms in total. The Balaban J connectivity index is 1.99. The van der Waals surface area contributed by atoms with Crippen LogP contribution in [-0.4, -0.2) is 24.8 Å². The zero-order chi connectivity index (χ0) is 9.47. The maximum absolute atomic E-state index is 6.18. The van der Waals surface area contributed by atoms with Gasteiger partial charge < -0.3 is 10.1 Å². The Labute approximate surface area is 81.0 Å². The second-order valence-electron chi connectivity index (χ2n) is 4.81. The lowest BCUT2D eigenvalue weighted by Gasteiger charge is -2.56. The third-order valence-corrected chi connectivity index (χ3v) is 4.00. The van der Waals surface area contributed by atoms with Crippen molar-refractivity contribution in [2.24, 2.45) is 11.8 Å². The molecule has 0 amide bonds. The van der Waals surface area contributed by atoms with Gasteiger partial charge in [0, 0.05) is 13.1 Å². The minimum Gasteiger partial charge on any atom is -0.369 e. The molecule has 0 bridgehead atoms. The van der Waals surface area contributed by atoms with E-state index in [9.17, 15) is 0 Å². The normalized spacial score (nSPS) is 50.5. The van der Waals surface area contributed by atoms with E-state index in [1.165, 1.54) is 6.42 Å². The zero-order valence-electron chi connectivity index (χ0n) is 8.97. The number of morpholine rings is 1. The van der Waals surface area contributed by atoms with Gasteiger partial charge in [-0.1, -0.05) is 20.8 Å². The van der Waals surface area contributed by atoms with E-state index in [0.717, 1.165) is 31.3 Å². The van der Waals surface area contributed by atoms with E-state index in [0.29, 0.717) is 6.10 Å². The topological polar surface area (TPSA) is 21.3 Å². The molecule has 1 spiro atoms. The predicted molar refractivity (Wildman–Crippen MR) is 53.7 cm³/mol. The number of ether oxygens (including phenoxy) is 1. The molecule has 2 heteroatoms. The number of rotatable bonds is 1. The van der Waals surface area contributed by atoms with Crippen LogP contribution in [0.4, 0.5) is 0 Å². The summed E-state index contributed by atoms with van der Waals surface area (Å²) < 4.78 is 6.18. The molecule has 0 aromatic heterocycles. The molecule has 1 saturated carbocycles. The predicted octanol–water partition coefficient (Wildman–Crippen LogP) is 1.80. The zero-order valence-corrected chi connectivity index (χ0v) is 8.97. The minimum absolute atomic E-state index is 0.193. The summed E-state index contributed by atoms with van der Waals surface area (Å²) >= 11 is 0. The molecule has 1 aliphatic carbocycles. The van der Waals surface area contributed by atoms with Crippen molar-refractivity contribution >= 4 is 0 Å². The van der Waals surface area contributed by atoms with Gasteiger partial charge in [-0.3, -0.25) is 0 Å². The van der Waals surface area contributed by atoms with Gasteiger partial charge in [-0.15, -0.1) is 0 Å². The van der Waals surface area contributed by atoms with Crippen molar-refractivity contribution in [2.45, 2.75) is 45.3 Å². The molecule has 1 heterocycles. The van der Waals surface area contributed by atoms with Gasteiger partial charge in [0.25, 0.3) is 0 Å². The first-order chi connectivity index (χ1) is 6.18. The summed E-state index contributed by atoms with van der Waals surface area (Å²) in [6, 6.07) is 0. The van der Waals surface area contributed by atoms with Crippen molar-refractivity contribution in [3.63, 3.8) is 0 Å². The summed E-state index contributed by atoms with van der Waals surface area (Å²) in [4.78, 5) is 0. The molecule has 1 N–H and O–H groups in total. The number of hydrogen-bond acceptors (Lipinski definition) is 2. The molecule has 2 fully saturated rings. The Morgan fingerprint density at radius 3 is 2.77 bits per heavy atom. The minimum atomic E-state index is 0.193. The molecular weight excluding hydrogens is 162 g/mol. The molecule has 0 aromatic carbocycles. The average molecular weight is 183 g/mol. The lowest BCUT2D eigenvalue weighted by Crippen LogP contribution is -2.64. The van der Waals surface area contributed by atoms with Gasteiger partial charge in [0.05, 0.1) is 11.7 Å². The van der Waals surface area contributed by atoms with Crippen LogP contribution in [0.25, 0.3) is 0 Å². The highest BCUT2D eigenvalue weighted by Gasteiger charge is 2.52. The van der Waals surface area contributed by atoms with Crippen molar-refractivity contribution in [3.05, 3.63) is 0 Å². The molecule has 1 aliphatic heterocycles. The summed E-state index contributed by atoms with van der Waals surface area (Å²) in [5.41, 5.74) is 0.193. The van der Waals surface area contributed by atoms with Gasteiger partial charge in [-0.2, -0.15) is 0 Å². The smallest absolute Gasteiger partial charge is 0.0841 e. The van der Waals surface area contributed by atoms with Crippen LogP contribution in [0.3, 0.4) is 0 Å². The van der Waals surface area contributed by atoms with Crippen LogP contribution in [0, 0.1) is 11.8 Å². The molecule has 4 atom stereocenters. The summed E-state index contributed by atoms with van der Waals surface area (Å²) in [6.45, 7) is 8.97. The van der Waals surface area contributed by atoms with E-state index < -0.39 is 0 Å². The molecule has 0 aromatic rings. The first-order valence-corrected chi connectivity index (χ1v) is 5.56. The van der Waals surface area contributed by atoms with Gasteiger partial charge in [0.2, 0.25) is 0 Å². The lowest BCUT2D eigenvalue weighted by atomic mass is 9.62. The fourth-order valence-electron chi connectivity index (χ4n) is 2.74. The van der Waals surface area contributed by atoms with E-state index in [1.54, 1.807) is 0 Å². The fraction of sp³-hybridized carbons (Fsp3) is 1.00. The van der Waals surface area contributed by atoms with E-state index in [1.807, 2.05) is 0 Å². The van der Waals surface area contributed by atoms with Crippen LogP contribution in [0.1, 0.15) is 33.6 Å². The lowest BCUT2D eigenvalue weighted by molar-refractivity contribution is -0.212. The van der Waals surface area contributed by atoms with Crippen LogP contribution >= 0.6 is 0 Å². The van der Waals surface area contributed by atoms with Crippen LogP contribution in [-0.2, 0) is 4.74 Å². The van der Waals surface area contributed by atoms with Gasteiger partial charge in [0.1, 0.15) is 0 Å². The molecule has 1 saturated heterocycles. The molecule has 2 rings (SSSR count). The summed E-state index contributed by atoms with van der Waals surface area (Å²) in [7, 11) is 0. The van der Waals surface area contributed by atoms with Crippen molar-refractivity contribution in [1.29, 1.82) is 0 Å². The number of hydrogen-bond donors (Lipinski definition) is 1. The Kier molecular flexibility index (Phi) is 2.37. The van der Waals surface area contributed by atoms with Crippen LogP contribution in [0.2, 0.25) is 0 Å². The highest BCUT2D eigenvalue weighted by molar-refractivity contribution is 5.03. The molecule has 13 heavy (non-hydrogen) atoms. The Morgan fingerprint density at radius 1 is 1.46 bits per heavy atom. The van der Waals surface area contributed by atoms with Crippen LogP contribution < -0.4 is 5.32 Å². The highest BCUT2D eigenvalue weighted by Crippen LogP contribution is 2.47. The van der Waals surface area contributed by atoms with Gasteiger partial charge in [-0.05, 0) is 24.7 Å². The van der Waals surface area contributed by atoms with Gasteiger partial charge >= 0.3 is 0 Å². The maximum Gasteiger partial charge on any atom is 0.0841 e.